The Hall–Kier alpha value is -3.24. The van der Waals surface area contributed by atoms with Crippen LogP contribution in [0.1, 0.15) is 16.7 Å². The van der Waals surface area contributed by atoms with Gasteiger partial charge in [0.25, 0.3) is 11.8 Å². The number of methoxy groups -OCH3 is 1. The standard InChI is InChI=1S/C25H17ClFIN2O4/c1-34-22-12-15(11-21(28)19(22)9-14-4-2-6-17(27)8-14)10-20-23(31)29-25(33)30(24(20)32)18-7-3-5-16(26)13-18/h2-8,10-13H,9H2,1H3,(H,29,31,33)/b20-10+. The van der Waals surface area contributed by atoms with E-state index in [4.69, 9.17) is 16.3 Å². The van der Waals surface area contributed by atoms with E-state index >= 15 is 0 Å². The molecule has 1 saturated heterocycles. The van der Waals surface area contributed by atoms with Crippen molar-refractivity contribution in [2.45, 2.75) is 6.42 Å². The van der Waals surface area contributed by atoms with Crippen LogP contribution in [0.4, 0.5) is 14.9 Å². The number of nitrogens with one attached hydrogen (secondary N) is 1. The van der Waals surface area contributed by atoms with E-state index in [2.05, 4.69) is 27.9 Å². The summed E-state index contributed by atoms with van der Waals surface area (Å²) in [5, 5.41) is 2.53. The molecule has 1 N–H and O–H groups in total. The van der Waals surface area contributed by atoms with Crippen LogP contribution in [0, 0.1) is 9.39 Å². The van der Waals surface area contributed by atoms with E-state index in [9.17, 15) is 18.8 Å². The van der Waals surface area contributed by atoms with Gasteiger partial charge in [0.2, 0.25) is 0 Å². The molecular formula is C25H17ClFIN2O4. The Balaban J connectivity index is 1.71. The molecular weight excluding hydrogens is 574 g/mol. The van der Waals surface area contributed by atoms with Crippen molar-refractivity contribution in [2.24, 2.45) is 0 Å². The minimum atomic E-state index is -0.855. The molecule has 1 fully saturated rings. The number of imide groups is 2. The Morgan fingerprint density at radius 3 is 2.56 bits per heavy atom. The Morgan fingerprint density at radius 1 is 1.09 bits per heavy atom. The van der Waals surface area contributed by atoms with Crippen molar-refractivity contribution in [3.63, 3.8) is 0 Å². The fraction of sp³-hybridized carbons (Fsp3) is 0.0800. The average Bonchev–Trinajstić information content (AvgIpc) is 2.78. The van der Waals surface area contributed by atoms with Gasteiger partial charge < -0.3 is 4.74 Å². The van der Waals surface area contributed by atoms with Gasteiger partial charge in [0.15, 0.2) is 0 Å². The zero-order valence-electron chi connectivity index (χ0n) is 17.8. The highest BCUT2D eigenvalue weighted by atomic mass is 127. The van der Waals surface area contributed by atoms with Crippen molar-refractivity contribution in [1.29, 1.82) is 0 Å². The number of barbiturate groups is 1. The number of benzene rings is 3. The van der Waals surface area contributed by atoms with Crippen LogP contribution < -0.4 is 15.0 Å². The number of hydrogen-bond acceptors (Lipinski definition) is 4. The second-order valence-corrected chi connectivity index (χ2v) is 9.03. The number of carbonyl (C=O) groups excluding carboxylic acids is 3. The van der Waals surface area contributed by atoms with E-state index in [1.165, 1.54) is 31.4 Å². The van der Waals surface area contributed by atoms with Crippen LogP contribution in [0.2, 0.25) is 5.02 Å². The Labute approximate surface area is 213 Å². The first-order valence-corrected chi connectivity index (χ1v) is 11.5. The zero-order chi connectivity index (χ0) is 24.4. The molecule has 0 spiro atoms. The van der Waals surface area contributed by atoms with Crippen molar-refractivity contribution in [3.05, 3.63) is 97.3 Å². The van der Waals surface area contributed by atoms with Crippen LogP contribution in [0.3, 0.4) is 0 Å². The highest BCUT2D eigenvalue weighted by Gasteiger charge is 2.37. The third-order valence-corrected chi connectivity index (χ3v) is 6.34. The molecule has 1 aliphatic heterocycles. The molecule has 4 rings (SSSR count). The highest BCUT2D eigenvalue weighted by Crippen LogP contribution is 2.31. The minimum Gasteiger partial charge on any atom is -0.496 e. The monoisotopic (exact) mass is 590 g/mol. The molecule has 6 nitrogen and oxygen atoms in total. The van der Waals surface area contributed by atoms with Gasteiger partial charge in [0.1, 0.15) is 17.1 Å². The summed E-state index contributed by atoms with van der Waals surface area (Å²) in [6, 6.07) is 15.1. The third kappa shape index (κ3) is 4.97. The van der Waals surface area contributed by atoms with Gasteiger partial charge in [-0.3, -0.25) is 14.9 Å². The average molecular weight is 591 g/mol. The first-order valence-electron chi connectivity index (χ1n) is 10.0. The first-order chi connectivity index (χ1) is 16.3. The lowest BCUT2D eigenvalue weighted by Gasteiger charge is -2.26. The number of halogens is 3. The maximum atomic E-state index is 13.6. The molecule has 0 aliphatic carbocycles. The van der Waals surface area contributed by atoms with Gasteiger partial charge in [-0.15, -0.1) is 0 Å². The molecule has 172 valence electrons. The summed E-state index contributed by atoms with van der Waals surface area (Å²) in [4.78, 5) is 38.8. The molecule has 0 atom stereocenters. The van der Waals surface area contributed by atoms with E-state index in [1.807, 2.05) is 6.07 Å². The maximum absolute atomic E-state index is 13.6. The normalized spacial score (nSPS) is 15.0. The summed E-state index contributed by atoms with van der Waals surface area (Å²) < 4.78 is 20.0. The summed E-state index contributed by atoms with van der Waals surface area (Å²) in [5.41, 5.74) is 2.18. The number of hydrogen-bond donors (Lipinski definition) is 1. The molecule has 34 heavy (non-hydrogen) atoms. The van der Waals surface area contributed by atoms with Crippen molar-refractivity contribution in [3.8, 4) is 5.75 Å². The van der Waals surface area contributed by atoms with Gasteiger partial charge in [0.05, 0.1) is 12.8 Å². The largest absolute Gasteiger partial charge is 0.496 e. The minimum absolute atomic E-state index is 0.213. The summed E-state index contributed by atoms with van der Waals surface area (Å²) in [7, 11) is 1.51. The fourth-order valence-corrected chi connectivity index (χ4v) is 4.59. The van der Waals surface area contributed by atoms with Crippen LogP contribution in [0.25, 0.3) is 6.08 Å². The summed E-state index contributed by atoms with van der Waals surface area (Å²) in [6.07, 6.45) is 1.84. The quantitative estimate of drug-likeness (QED) is 0.247. The van der Waals surface area contributed by atoms with Gasteiger partial charge >= 0.3 is 6.03 Å². The number of rotatable bonds is 5. The number of anilines is 1. The molecule has 0 radical (unpaired) electrons. The summed E-state index contributed by atoms with van der Waals surface area (Å²) in [6.45, 7) is 0. The smallest absolute Gasteiger partial charge is 0.335 e. The molecule has 1 aliphatic rings. The van der Waals surface area contributed by atoms with Crippen molar-refractivity contribution < 1.29 is 23.5 Å². The fourth-order valence-electron chi connectivity index (χ4n) is 3.59. The van der Waals surface area contributed by atoms with Gasteiger partial charge in [-0.05, 0) is 82.3 Å². The SMILES string of the molecule is COc1cc(/C=C2\C(=O)NC(=O)N(c3cccc(Cl)c3)C2=O)cc(I)c1Cc1cccc(F)c1. The van der Waals surface area contributed by atoms with E-state index in [0.29, 0.717) is 22.8 Å². The highest BCUT2D eigenvalue weighted by molar-refractivity contribution is 14.1. The lowest BCUT2D eigenvalue weighted by atomic mass is 10.0. The van der Waals surface area contributed by atoms with E-state index < -0.39 is 17.8 Å². The third-order valence-electron chi connectivity index (χ3n) is 5.15. The van der Waals surface area contributed by atoms with Gasteiger partial charge in [-0.2, -0.15) is 0 Å². The molecule has 3 aromatic rings. The summed E-state index contributed by atoms with van der Waals surface area (Å²) in [5.74, 6) is -1.37. The van der Waals surface area contributed by atoms with E-state index in [1.54, 1.807) is 36.4 Å². The number of nitrogens with zero attached hydrogens (tertiary/aromatic N) is 1. The lowest BCUT2D eigenvalue weighted by molar-refractivity contribution is -0.122. The van der Waals surface area contributed by atoms with Crippen LogP contribution in [0.15, 0.2) is 66.2 Å². The number of carbonyl (C=O) groups is 3. The molecule has 9 heteroatoms. The molecule has 0 saturated carbocycles. The van der Waals surface area contributed by atoms with Crippen molar-refractivity contribution in [1.82, 2.24) is 5.32 Å². The molecule has 3 aromatic carbocycles. The molecule has 0 unspecified atom stereocenters. The number of amides is 4. The summed E-state index contributed by atoms with van der Waals surface area (Å²) >= 11 is 8.13. The second kappa shape index (κ2) is 9.94. The Kier molecular flexibility index (Phi) is 6.99. The van der Waals surface area contributed by atoms with Crippen LogP contribution in [0.5, 0.6) is 5.75 Å². The van der Waals surface area contributed by atoms with Gasteiger partial charge in [0, 0.05) is 20.6 Å². The molecule has 4 amide bonds. The van der Waals surface area contributed by atoms with E-state index in [0.717, 1.165) is 19.6 Å². The van der Waals surface area contributed by atoms with Crippen LogP contribution in [-0.2, 0) is 16.0 Å². The molecule has 0 bridgehead atoms. The van der Waals surface area contributed by atoms with Crippen LogP contribution >= 0.6 is 34.2 Å². The maximum Gasteiger partial charge on any atom is 0.335 e. The molecule has 0 aromatic heterocycles. The second-order valence-electron chi connectivity index (χ2n) is 7.43. The topological polar surface area (TPSA) is 75.7 Å². The predicted octanol–water partition coefficient (Wildman–Crippen LogP) is 5.35. The number of urea groups is 1. The van der Waals surface area contributed by atoms with Crippen molar-refractivity contribution >= 4 is 63.8 Å². The van der Waals surface area contributed by atoms with Crippen LogP contribution in [-0.4, -0.2) is 25.0 Å². The van der Waals surface area contributed by atoms with Gasteiger partial charge in [-0.1, -0.05) is 29.8 Å². The van der Waals surface area contributed by atoms with E-state index in [-0.39, 0.29) is 17.1 Å². The van der Waals surface area contributed by atoms with Crippen molar-refractivity contribution in [2.75, 3.05) is 12.0 Å². The zero-order valence-corrected chi connectivity index (χ0v) is 20.7. The predicted molar refractivity (Wildman–Crippen MR) is 135 cm³/mol. The Morgan fingerprint density at radius 2 is 1.85 bits per heavy atom. The lowest BCUT2D eigenvalue weighted by Crippen LogP contribution is -2.54. The van der Waals surface area contributed by atoms with Gasteiger partial charge in [-0.25, -0.2) is 14.1 Å². The molecule has 1 heterocycles. The Bertz CT molecular complexity index is 1360. The first kappa shape index (κ1) is 23.9. The number of ether oxygens (including phenoxy) is 1.